The van der Waals surface area contributed by atoms with Crippen LogP contribution in [0.4, 0.5) is 0 Å². The number of rotatable bonds is 0. The van der Waals surface area contributed by atoms with E-state index in [1.807, 2.05) is 0 Å². The molecule has 1 N–H and O–H groups in total. The first-order valence-corrected chi connectivity index (χ1v) is 2.87. The first-order valence-electron chi connectivity index (χ1n) is 2.87. The van der Waals surface area contributed by atoms with Crippen LogP contribution < -0.4 is 5.32 Å². The second-order valence-electron chi connectivity index (χ2n) is 2.21. The maximum Gasteiger partial charge on any atom is 0.0354 e. The molecule has 0 saturated carbocycles. The Hall–Kier alpha value is -0.720. The predicted molar refractivity (Wildman–Crippen MR) is 35.5 cm³/mol. The Labute approximate surface area is 50.1 Å². The molecule has 0 unspecified atom stereocenters. The molecule has 0 aromatic heterocycles. The van der Waals surface area contributed by atoms with Gasteiger partial charge in [0.1, 0.15) is 0 Å². The second kappa shape index (κ2) is 2.03. The van der Waals surface area contributed by atoms with Gasteiger partial charge in [-0.05, 0) is 12.8 Å². The molecule has 1 aliphatic rings. The van der Waals surface area contributed by atoms with Gasteiger partial charge in [0.15, 0.2) is 0 Å². The normalized spacial score (nSPS) is 20.5. The SMILES string of the molecule is C=C1CCC(=C)NC1. The summed E-state index contributed by atoms with van der Waals surface area (Å²) in [7, 11) is 0. The quantitative estimate of drug-likeness (QED) is 0.464. The van der Waals surface area contributed by atoms with Crippen molar-refractivity contribution in [1.82, 2.24) is 5.32 Å². The highest BCUT2D eigenvalue weighted by atomic mass is 14.9. The van der Waals surface area contributed by atoms with Crippen molar-refractivity contribution < 1.29 is 0 Å². The van der Waals surface area contributed by atoms with Crippen LogP contribution in [-0.2, 0) is 0 Å². The molecule has 1 rings (SSSR count). The Morgan fingerprint density at radius 2 is 2.00 bits per heavy atom. The van der Waals surface area contributed by atoms with Crippen molar-refractivity contribution in [2.45, 2.75) is 12.8 Å². The van der Waals surface area contributed by atoms with Gasteiger partial charge in [-0.15, -0.1) is 0 Å². The van der Waals surface area contributed by atoms with Crippen molar-refractivity contribution in [3.63, 3.8) is 0 Å². The molecule has 1 aliphatic heterocycles. The number of nitrogens with one attached hydrogen (secondary N) is 1. The lowest BCUT2D eigenvalue weighted by Crippen LogP contribution is -2.20. The fraction of sp³-hybridized carbons (Fsp3) is 0.429. The van der Waals surface area contributed by atoms with Crippen molar-refractivity contribution in [1.29, 1.82) is 0 Å². The molecule has 44 valence electrons. The summed E-state index contributed by atoms with van der Waals surface area (Å²) in [5.41, 5.74) is 2.44. The first-order chi connectivity index (χ1) is 3.79. The average Bonchev–Trinajstić information content (AvgIpc) is 1.77. The zero-order chi connectivity index (χ0) is 5.98. The summed E-state index contributed by atoms with van der Waals surface area (Å²) in [4.78, 5) is 0. The zero-order valence-corrected chi connectivity index (χ0v) is 5.04. The molecule has 1 heteroatoms. The third-order valence-corrected chi connectivity index (χ3v) is 1.37. The Balaban J connectivity index is 2.40. The number of hydrogen-bond acceptors (Lipinski definition) is 1. The van der Waals surface area contributed by atoms with E-state index in [1.165, 1.54) is 5.57 Å². The summed E-state index contributed by atoms with van der Waals surface area (Å²) in [5.74, 6) is 0. The highest BCUT2D eigenvalue weighted by Crippen LogP contribution is 2.11. The molecule has 1 saturated heterocycles. The van der Waals surface area contributed by atoms with Crippen molar-refractivity contribution in [3.05, 3.63) is 24.4 Å². The number of piperidine rings is 1. The van der Waals surface area contributed by atoms with E-state index in [9.17, 15) is 0 Å². The minimum Gasteiger partial charge on any atom is -0.385 e. The van der Waals surface area contributed by atoms with Crippen molar-refractivity contribution >= 4 is 0 Å². The fourth-order valence-corrected chi connectivity index (χ4v) is 0.754. The van der Waals surface area contributed by atoms with E-state index in [0.717, 1.165) is 25.1 Å². The van der Waals surface area contributed by atoms with E-state index < -0.39 is 0 Å². The van der Waals surface area contributed by atoms with Crippen LogP contribution in [0.3, 0.4) is 0 Å². The van der Waals surface area contributed by atoms with Crippen LogP contribution in [0.1, 0.15) is 12.8 Å². The second-order valence-corrected chi connectivity index (χ2v) is 2.21. The fourth-order valence-electron chi connectivity index (χ4n) is 0.754. The highest BCUT2D eigenvalue weighted by molar-refractivity contribution is 5.09. The summed E-state index contributed by atoms with van der Waals surface area (Å²) in [6, 6.07) is 0. The van der Waals surface area contributed by atoms with Gasteiger partial charge < -0.3 is 5.32 Å². The van der Waals surface area contributed by atoms with Gasteiger partial charge in [0, 0.05) is 12.2 Å². The van der Waals surface area contributed by atoms with E-state index in [-0.39, 0.29) is 0 Å². The van der Waals surface area contributed by atoms with Gasteiger partial charge in [0.2, 0.25) is 0 Å². The van der Waals surface area contributed by atoms with Gasteiger partial charge in [-0.25, -0.2) is 0 Å². The smallest absolute Gasteiger partial charge is 0.0354 e. The Bertz CT molecular complexity index is 96.3. The Morgan fingerprint density at radius 1 is 1.25 bits per heavy atom. The van der Waals surface area contributed by atoms with Gasteiger partial charge in [0.25, 0.3) is 0 Å². The van der Waals surface area contributed by atoms with Gasteiger partial charge in [0.05, 0.1) is 0 Å². The van der Waals surface area contributed by atoms with Crippen LogP contribution in [0.2, 0.25) is 0 Å². The van der Waals surface area contributed by atoms with Crippen LogP contribution in [-0.4, -0.2) is 6.54 Å². The summed E-state index contributed by atoms with van der Waals surface area (Å²) in [6.07, 6.45) is 2.19. The number of allylic oxidation sites excluding steroid dienone is 1. The minimum atomic E-state index is 0.929. The van der Waals surface area contributed by atoms with Crippen LogP contribution in [0.5, 0.6) is 0 Å². The van der Waals surface area contributed by atoms with Crippen LogP contribution in [0, 0.1) is 0 Å². The molecule has 1 fully saturated rings. The molecule has 0 aromatic rings. The minimum absolute atomic E-state index is 0.929. The molecule has 0 aromatic carbocycles. The van der Waals surface area contributed by atoms with Gasteiger partial charge in [-0.1, -0.05) is 18.7 Å². The summed E-state index contributed by atoms with van der Waals surface area (Å²) >= 11 is 0. The molecule has 8 heavy (non-hydrogen) atoms. The molecule has 0 aliphatic carbocycles. The van der Waals surface area contributed by atoms with Crippen LogP contribution in [0.25, 0.3) is 0 Å². The van der Waals surface area contributed by atoms with Crippen molar-refractivity contribution in [2.75, 3.05) is 6.54 Å². The number of hydrogen-bond donors (Lipinski definition) is 1. The molecule has 1 nitrogen and oxygen atoms in total. The highest BCUT2D eigenvalue weighted by Gasteiger charge is 2.02. The first kappa shape index (κ1) is 5.42. The molecule has 0 spiro atoms. The Morgan fingerprint density at radius 3 is 2.38 bits per heavy atom. The summed E-state index contributed by atoms with van der Waals surface area (Å²) in [5, 5.41) is 3.14. The maximum absolute atomic E-state index is 3.84. The lowest BCUT2D eigenvalue weighted by molar-refractivity contribution is 0.704. The molecule has 1 heterocycles. The summed E-state index contributed by atoms with van der Waals surface area (Å²) in [6.45, 7) is 8.57. The molecule has 0 amide bonds. The summed E-state index contributed by atoms with van der Waals surface area (Å²) < 4.78 is 0. The van der Waals surface area contributed by atoms with E-state index in [1.54, 1.807) is 0 Å². The largest absolute Gasteiger partial charge is 0.385 e. The monoisotopic (exact) mass is 109 g/mol. The maximum atomic E-state index is 3.84. The topological polar surface area (TPSA) is 12.0 Å². The third-order valence-electron chi connectivity index (χ3n) is 1.37. The molecule has 0 atom stereocenters. The van der Waals surface area contributed by atoms with E-state index in [2.05, 4.69) is 18.5 Å². The third kappa shape index (κ3) is 1.12. The van der Waals surface area contributed by atoms with Crippen LogP contribution >= 0.6 is 0 Å². The van der Waals surface area contributed by atoms with Gasteiger partial charge in [-0.3, -0.25) is 0 Å². The lowest BCUT2D eigenvalue weighted by Gasteiger charge is -2.16. The van der Waals surface area contributed by atoms with Gasteiger partial charge >= 0.3 is 0 Å². The molecule has 0 bridgehead atoms. The van der Waals surface area contributed by atoms with Crippen molar-refractivity contribution in [3.8, 4) is 0 Å². The van der Waals surface area contributed by atoms with Crippen LogP contribution in [0.15, 0.2) is 24.4 Å². The molecular weight excluding hydrogens is 98.1 g/mol. The zero-order valence-electron chi connectivity index (χ0n) is 5.04. The Kier molecular flexibility index (Phi) is 1.38. The lowest BCUT2D eigenvalue weighted by atomic mass is 10.1. The van der Waals surface area contributed by atoms with E-state index in [4.69, 9.17) is 0 Å². The average molecular weight is 109 g/mol. The molecule has 0 radical (unpaired) electrons. The molecular formula is C7H11N. The van der Waals surface area contributed by atoms with E-state index >= 15 is 0 Å². The van der Waals surface area contributed by atoms with E-state index in [0.29, 0.717) is 0 Å². The van der Waals surface area contributed by atoms with Crippen molar-refractivity contribution in [2.24, 2.45) is 0 Å². The predicted octanol–water partition coefficient (Wildman–Crippen LogP) is 1.44. The van der Waals surface area contributed by atoms with Gasteiger partial charge in [-0.2, -0.15) is 0 Å². The standard InChI is InChI=1S/C7H11N/c1-6-3-4-7(2)8-5-6/h8H,1-5H2.